The lowest BCUT2D eigenvalue weighted by Gasteiger charge is -2.37. The molecule has 1 aromatic rings. The molecular weight excluding hydrogens is 312 g/mol. The molecule has 0 bridgehead atoms. The minimum absolute atomic E-state index is 0. The third-order valence-corrected chi connectivity index (χ3v) is 5.72. The summed E-state index contributed by atoms with van der Waals surface area (Å²) >= 11 is 0. The van der Waals surface area contributed by atoms with Crippen LogP contribution in [-0.2, 0) is 4.79 Å². The molecular formula is C18H25ClN2O2. The molecule has 1 aromatic carbocycles. The average Bonchev–Trinajstić information content (AvgIpc) is 3.06. The van der Waals surface area contributed by atoms with E-state index in [4.69, 9.17) is 4.74 Å². The van der Waals surface area contributed by atoms with Crippen LogP contribution in [0, 0.1) is 17.8 Å². The Morgan fingerprint density at radius 2 is 2.00 bits per heavy atom. The predicted molar refractivity (Wildman–Crippen MR) is 91.9 cm³/mol. The normalized spacial score (nSPS) is 32.0. The number of nitrogens with one attached hydrogen (secondary N) is 1. The van der Waals surface area contributed by atoms with Gasteiger partial charge in [-0.05, 0) is 30.7 Å². The highest BCUT2D eigenvalue weighted by molar-refractivity contribution is 5.85. The minimum Gasteiger partial charge on any atom is -0.496 e. The minimum atomic E-state index is 0. The number of nitrogens with zero attached hydrogens (tertiary/aromatic N) is 1. The fourth-order valence-electron chi connectivity index (χ4n) is 4.57. The molecule has 0 aromatic heterocycles. The molecule has 3 unspecified atom stereocenters. The molecule has 1 N–H and O–H groups in total. The largest absolute Gasteiger partial charge is 0.496 e. The smallest absolute Gasteiger partial charge is 0.226 e. The van der Waals surface area contributed by atoms with Gasteiger partial charge in [0, 0.05) is 31.1 Å². The number of amides is 1. The Morgan fingerprint density at radius 1 is 1.26 bits per heavy atom. The molecule has 0 radical (unpaired) electrons. The zero-order chi connectivity index (χ0) is 15.1. The maximum Gasteiger partial charge on any atom is 0.226 e. The number of piperazine rings is 1. The topological polar surface area (TPSA) is 41.6 Å². The summed E-state index contributed by atoms with van der Waals surface area (Å²) in [5.74, 6) is 2.93. The van der Waals surface area contributed by atoms with Crippen molar-refractivity contribution in [3.8, 4) is 5.75 Å². The van der Waals surface area contributed by atoms with E-state index in [1.54, 1.807) is 7.11 Å². The lowest BCUT2D eigenvalue weighted by atomic mass is 10.0. The molecule has 126 valence electrons. The Balaban J connectivity index is 0.00000156. The van der Waals surface area contributed by atoms with Gasteiger partial charge in [-0.15, -0.1) is 12.4 Å². The Bertz CT molecular complexity index is 570. The highest BCUT2D eigenvalue weighted by Gasteiger charge is 2.58. The van der Waals surface area contributed by atoms with Gasteiger partial charge in [0.1, 0.15) is 5.75 Å². The number of carbonyl (C=O) groups is 1. The van der Waals surface area contributed by atoms with Crippen molar-refractivity contribution >= 4 is 18.3 Å². The van der Waals surface area contributed by atoms with Crippen LogP contribution in [0.15, 0.2) is 24.3 Å². The van der Waals surface area contributed by atoms with Crippen LogP contribution in [-0.4, -0.2) is 37.6 Å². The van der Waals surface area contributed by atoms with Gasteiger partial charge in [0.25, 0.3) is 0 Å². The molecule has 2 aliphatic carbocycles. The number of para-hydroxylation sites is 1. The Kier molecular flexibility index (Phi) is 4.83. The van der Waals surface area contributed by atoms with Crippen molar-refractivity contribution < 1.29 is 9.53 Å². The first-order chi connectivity index (χ1) is 10.8. The van der Waals surface area contributed by atoms with Crippen molar-refractivity contribution in [3.05, 3.63) is 29.8 Å². The van der Waals surface area contributed by atoms with E-state index >= 15 is 0 Å². The monoisotopic (exact) mass is 336 g/mol. The number of carbonyl (C=O) groups excluding carboxylic acids is 1. The van der Waals surface area contributed by atoms with Gasteiger partial charge in [-0.3, -0.25) is 4.79 Å². The number of methoxy groups -OCH3 is 1. The molecule has 4 nitrogen and oxygen atoms in total. The summed E-state index contributed by atoms with van der Waals surface area (Å²) in [4.78, 5) is 15.1. The number of hydrogen-bond donors (Lipinski definition) is 1. The van der Waals surface area contributed by atoms with Crippen molar-refractivity contribution in [1.29, 1.82) is 0 Å². The van der Waals surface area contributed by atoms with Gasteiger partial charge in [-0.2, -0.15) is 0 Å². The quantitative estimate of drug-likeness (QED) is 0.922. The summed E-state index contributed by atoms with van der Waals surface area (Å²) in [7, 11) is 1.70. The van der Waals surface area contributed by atoms with Crippen LogP contribution in [0.3, 0.4) is 0 Å². The van der Waals surface area contributed by atoms with E-state index in [2.05, 4.69) is 16.3 Å². The summed E-state index contributed by atoms with van der Waals surface area (Å²) in [6, 6.07) is 8.18. The van der Waals surface area contributed by atoms with E-state index in [0.717, 1.165) is 30.9 Å². The van der Waals surface area contributed by atoms with Gasteiger partial charge < -0.3 is 15.0 Å². The van der Waals surface area contributed by atoms with Gasteiger partial charge in [-0.1, -0.05) is 24.6 Å². The number of fused-ring (bicyclic) bond motifs is 1. The lowest BCUT2D eigenvalue weighted by Crippen LogP contribution is -2.49. The van der Waals surface area contributed by atoms with Crippen molar-refractivity contribution in [2.24, 2.45) is 17.8 Å². The predicted octanol–water partition coefficient (Wildman–Crippen LogP) is 2.64. The molecule has 23 heavy (non-hydrogen) atoms. The summed E-state index contributed by atoms with van der Waals surface area (Å²) in [6.45, 7) is 2.51. The molecule has 1 amide bonds. The van der Waals surface area contributed by atoms with Gasteiger partial charge in [-0.25, -0.2) is 0 Å². The van der Waals surface area contributed by atoms with E-state index in [1.165, 1.54) is 19.3 Å². The summed E-state index contributed by atoms with van der Waals surface area (Å²) in [5, 5.41) is 3.43. The van der Waals surface area contributed by atoms with Crippen LogP contribution in [0.1, 0.15) is 30.9 Å². The fraction of sp³-hybridized carbons (Fsp3) is 0.611. The molecule has 3 aliphatic rings. The molecule has 2 saturated carbocycles. The lowest BCUT2D eigenvalue weighted by molar-refractivity contribution is -0.136. The van der Waals surface area contributed by atoms with Crippen molar-refractivity contribution in [1.82, 2.24) is 10.2 Å². The standard InChI is InChI=1S/C18H24N2O2.ClH/c1-22-16-8-3-2-5-14(16)15-11-19-9-10-20(15)18(21)17-12-6-4-7-13(12)17;/h2-3,5,8,12-13,15,17,19H,4,6-7,9-11H2,1H3;1H. The number of benzene rings is 1. The fourth-order valence-corrected chi connectivity index (χ4v) is 4.57. The zero-order valence-electron chi connectivity index (χ0n) is 13.5. The van der Waals surface area contributed by atoms with E-state index < -0.39 is 0 Å². The van der Waals surface area contributed by atoms with Crippen LogP contribution >= 0.6 is 12.4 Å². The number of rotatable bonds is 3. The van der Waals surface area contributed by atoms with E-state index in [-0.39, 0.29) is 18.4 Å². The zero-order valence-corrected chi connectivity index (χ0v) is 14.3. The molecule has 3 fully saturated rings. The van der Waals surface area contributed by atoms with Crippen molar-refractivity contribution in [3.63, 3.8) is 0 Å². The second kappa shape index (κ2) is 6.70. The van der Waals surface area contributed by atoms with Gasteiger partial charge in [0.05, 0.1) is 13.2 Å². The summed E-state index contributed by atoms with van der Waals surface area (Å²) in [6.07, 6.45) is 3.83. The summed E-state index contributed by atoms with van der Waals surface area (Å²) in [5.41, 5.74) is 1.12. The first kappa shape index (κ1) is 16.6. The van der Waals surface area contributed by atoms with Crippen LogP contribution in [0.2, 0.25) is 0 Å². The Morgan fingerprint density at radius 3 is 2.74 bits per heavy atom. The van der Waals surface area contributed by atoms with E-state index in [1.807, 2.05) is 18.2 Å². The molecule has 3 atom stereocenters. The molecule has 4 rings (SSSR count). The molecule has 1 heterocycles. The number of halogens is 1. The third-order valence-electron chi connectivity index (χ3n) is 5.72. The van der Waals surface area contributed by atoms with E-state index in [0.29, 0.717) is 23.7 Å². The molecule has 5 heteroatoms. The molecule has 1 aliphatic heterocycles. The van der Waals surface area contributed by atoms with Crippen LogP contribution in [0.25, 0.3) is 0 Å². The average molecular weight is 337 g/mol. The van der Waals surface area contributed by atoms with E-state index in [9.17, 15) is 4.79 Å². The first-order valence-corrected chi connectivity index (χ1v) is 8.45. The van der Waals surface area contributed by atoms with Gasteiger partial charge in [0.15, 0.2) is 0 Å². The van der Waals surface area contributed by atoms with Crippen LogP contribution < -0.4 is 10.1 Å². The van der Waals surface area contributed by atoms with Gasteiger partial charge >= 0.3 is 0 Å². The van der Waals surface area contributed by atoms with Crippen molar-refractivity contribution in [2.75, 3.05) is 26.7 Å². The Hall–Kier alpha value is -1.26. The van der Waals surface area contributed by atoms with Crippen molar-refractivity contribution in [2.45, 2.75) is 25.3 Å². The number of hydrogen-bond acceptors (Lipinski definition) is 3. The van der Waals surface area contributed by atoms with Gasteiger partial charge in [0.2, 0.25) is 5.91 Å². The third kappa shape index (κ3) is 2.83. The first-order valence-electron chi connectivity index (χ1n) is 8.45. The highest BCUT2D eigenvalue weighted by Crippen LogP contribution is 2.58. The van der Waals surface area contributed by atoms with Crippen LogP contribution in [0.4, 0.5) is 0 Å². The summed E-state index contributed by atoms with van der Waals surface area (Å²) < 4.78 is 5.51. The second-order valence-electron chi connectivity index (χ2n) is 6.78. The maximum absolute atomic E-state index is 13.0. The van der Waals surface area contributed by atoms with Crippen LogP contribution in [0.5, 0.6) is 5.75 Å². The highest BCUT2D eigenvalue weighted by atomic mass is 35.5. The number of ether oxygens (including phenoxy) is 1. The second-order valence-corrected chi connectivity index (χ2v) is 6.78. The SMILES string of the molecule is COc1ccccc1C1CNCCN1C(=O)C1C2CCCC21.Cl. The molecule has 1 saturated heterocycles. The maximum atomic E-state index is 13.0. The Labute approximate surface area is 144 Å². The molecule has 0 spiro atoms.